The smallest absolute Gasteiger partial charge is 0.193 e. The predicted octanol–water partition coefficient (Wildman–Crippen LogP) is 2.95. The number of aromatic nitrogens is 1. The summed E-state index contributed by atoms with van der Waals surface area (Å²) in [6, 6.07) is 10.5. The van der Waals surface area contributed by atoms with Crippen LogP contribution in [0.4, 0.5) is 0 Å². The van der Waals surface area contributed by atoms with Crippen molar-refractivity contribution >= 4 is 5.96 Å². The van der Waals surface area contributed by atoms with E-state index in [4.69, 9.17) is 0 Å². The summed E-state index contributed by atoms with van der Waals surface area (Å²) in [5.41, 5.74) is 5.19. The third kappa shape index (κ3) is 4.81. The summed E-state index contributed by atoms with van der Waals surface area (Å²) in [5.74, 6) is 0.917. The highest BCUT2D eigenvalue weighted by molar-refractivity contribution is 5.79. The first-order chi connectivity index (χ1) is 11.1. The van der Waals surface area contributed by atoms with Crippen LogP contribution in [-0.2, 0) is 13.0 Å². The standard InChI is InChI=1S/C19H26N4/c1-15-7-5-6-8-18(15)14-23(4)19(20-3)22-12-10-17-9-11-21-13-16(17)2/h5-9,11,13H,10,12,14H2,1-4H3,(H,20,22). The lowest BCUT2D eigenvalue weighted by Crippen LogP contribution is -2.39. The zero-order chi connectivity index (χ0) is 16.7. The molecule has 0 bridgehead atoms. The fraction of sp³-hybridized carbons (Fsp3) is 0.368. The van der Waals surface area contributed by atoms with E-state index >= 15 is 0 Å². The van der Waals surface area contributed by atoms with Crippen LogP contribution < -0.4 is 5.32 Å². The number of aryl methyl sites for hydroxylation is 2. The number of hydrogen-bond donors (Lipinski definition) is 1. The number of nitrogens with one attached hydrogen (secondary N) is 1. The van der Waals surface area contributed by atoms with E-state index in [1.165, 1.54) is 22.3 Å². The van der Waals surface area contributed by atoms with Crippen molar-refractivity contribution in [1.82, 2.24) is 15.2 Å². The van der Waals surface area contributed by atoms with E-state index in [1.807, 2.05) is 19.4 Å². The van der Waals surface area contributed by atoms with Gasteiger partial charge in [0.2, 0.25) is 0 Å². The second-order valence-corrected chi connectivity index (χ2v) is 5.81. The van der Waals surface area contributed by atoms with E-state index in [9.17, 15) is 0 Å². The predicted molar refractivity (Wildman–Crippen MR) is 96.7 cm³/mol. The number of hydrogen-bond acceptors (Lipinski definition) is 2. The van der Waals surface area contributed by atoms with Gasteiger partial charge in [-0.05, 0) is 48.6 Å². The number of nitrogens with zero attached hydrogens (tertiary/aromatic N) is 3. The summed E-state index contributed by atoms with van der Waals surface area (Å²) in [4.78, 5) is 10.7. The topological polar surface area (TPSA) is 40.5 Å². The largest absolute Gasteiger partial charge is 0.356 e. The van der Waals surface area contributed by atoms with Gasteiger partial charge in [0, 0.05) is 39.6 Å². The summed E-state index contributed by atoms with van der Waals surface area (Å²) < 4.78 is 0. The van der Waals surface area contributed by atoms with Crippen LogP contribution in [0.15, 0.2) is 47.7 Å². The van der Waals surface area contributed by atoms with Crippen LogP contribution in [0.3, 0.4) is 0 Å². The maximum absolute atomic E-state index is 4.39. The number of aliphatic imine (C=N–C) groups is 1. The minimum atomic E-state index is 0.848. The number of benzene rings is 1. The Balaban J connectivity index is 1.90. The fourth-order valence-corrected chi connectivity index (χ4v) is 2.59. The second-order valence-electron chi connectivity index (χ2n) is 5.81. The van der Waals surface area contributed by atoms with Gasteiger partial charge in [0.1, 0.15) is 0 Å². The Hall–Kier alpha value is -2.36. The van der Waals surface area contributed by atoms with Gasteiger partial charge in [-0.2, -0.15) is 0 Å². The SMILES string of the molecule is CN=C(NCCc1ccncc1C)N(C)Cc1ccccc1C. The maximum atomic E-state index is 4.39. The Bertz CT molecular complexity index is 664. The van der Waals surface area contributed by atoms with Crippen molar-refractivity contribution in [3.63, 3.8) is 0 Å². The molecule has 0 saturated carbocycles. The summed E-state index contributed by atoms with van der Waals surface area (Å²) >= 11 is 0. The first-order valence-corrected chi connectivity index (χ1v) is 7.97. The quantitative estimate of drug-likeness (QED) is 0.682. The summed E-state index contributed by atoms with van der Waals surface area (Å²) in [6.45, 7) is 5.95. The molecule has 0 saturated heterocycles. The highest BCUT2D eigenvalue weighted by atomic mass is 15.3. The lowest BCUT2D eigenvalue weighted by Gasteiger charge is -2.23. The van der Waals surface area contributed by atoms with Crippen LogP contribution in [0, 0.1) is 13.8 Å². The molecule has 0 spiro atoms. The van der Waals surface area contributed by atoms with Crippen LogP contribution in [0.5, 0.6) is 0 Å². The molecule has 23 heavy (non-hydrogen) atoms. The van der Waals surface area contributed by atoms with Crippen LogP contribution in [0.25, 0.3) is 0 Å². The highest BCUT2D eigenvalue weighted by Crippen LogP contribution is 2.09. The molecule has 1 aromatic heterocycles. The molecule has 0 aliphatic carbocycles. The van der Waals surface area contributed by atoms with Gasteiger partial charge < -0.3 is 10.2 Å². The van der Waals surface area contributed by atoms with Gasteiger partial charge in [0.25, 0.3) is 0 Å². The molecule has 0 amide bonds. The Morgan fingerprint density at radius 3 is 2.61 bits per heavy atom. The van der Waals surface area contributed by atoms with Gasteiger partial charge in [-0.15, -0.1) is 0 Å². The van der Waals surface area contributed by atoms with E-state index in [2.05, 4.69) is 71.4 Å². The summed E-state index contributed by atoms with van der Waals surface area (Å²) in [6.07, 6.45) is 4.72. The van der Waals surface area contributed by atoms with E-state index in [1.54, 1.807) is 0 Å². The molecule has 0 fully saturated rings. The Morgan fingerprint density at radius 1 is 1.13 bits per heavy atom. The molecule has 0 atom stereocenters. The Labute approximate surface area is 139 Å². The molecular formula is C19H26N4. The molecule has 122 valence electrons. The average molecular weight is 310 g/mol. The molecule has 4 heteroatoms. The number of guanidine groups is 1. The molecule has 2 rings (SSSR count). The van der Waals surface area contributed by atoms with Crippen molar-refractivity contribution in [3.8, 4) is 0 Å². The van der Waals surface area contributed by atoms with E-state index in [0.717, 1.165) is 25.5 Å². The first kappa shape index (κ1) is 17.0. The third-order valence-corrected chi connectivity index (χ3v) is 4.06. The first-order valence-electron chi connectivity index (χ1n) is 7.97. The Morgan fingerprint density at radius 2 is 1.91 bits per heavy atom. The van der Waals surface area contributed by atoms with Gasteiger partial charge in [0.15, 0.2) is 5.96 Å². The minimum Gasteiger partial charge on any atom is -0.356 e. The van der Waals surface area contributed by atoms with Crippen LogP contribution in [0.1, 0.15) is 22.3 Å². The van der Waals surface area contributed by atoms with Crippen molar-refractivity contribution in [3.05, 3.63) is 65.0 Å². The van der Waals surface area contributed by atoms with Crippen molar-refractivity contribution in [2.75, 3.05) is 20.6 Å². The lowest BCUT2D eigenvalue weighted by atomic mass is 10.1. The summed E-state index contributed by atoms with van der Waals surface area (Å²) in [7, 11) is 3.90. The second kappa shape index (κ2) is 8.32. The maximum Gasteiger partial charge on any atom is 0.193 e. The minimum absolute atomic E-state index is 0.848. The van der Waals surface area contributed by atoms with Crippen molar-refractivity contribution in [2.24, 2.45) is 4.99 Å². The molecular weight excluding hydrogens is 284 g/mol. The van der Waals surface area contributed by atoms with E-state index in [0.29, 0.717) is 0 Å². The van der Waals surface area contributed by atoms with Crippen LogP contribution in [0.2, 0.25) is 0 Å². The zero-order valence-electron chi connectivity index (χ0n) is 14.5. The molecule has 0 aliphatic rings. The molecule has 1 heterocycles. The molecule has 0 aliphatic heterocycles. The van der Waals surface area contributed by atoms with Gasteiger partial charge >= 0.3 is 0 Å². The summed E-state index contributed by atoms with van der Waals surface area (Å²) in [5, 5.41) is 3.44. The normalized spacial score (nSPS) is 11.4. The van der Waals surface area contributed by atoms with Crippen molar-refractivity contribution < 1.29 is 0 Å². The number of pyridine rings is 1. The molecule has 4 nitrogen and oxygen atoms in total. The lowest BCUT2D eigenvalue weighted by molar-refractivity contribution is 0.476. The van der Waals surface area contributed by atoms with E-state index in [-0.39, 0.29) is 0 Å². The molecule has 0 radical (unpaired) electrons. The fourth-order valence-electron chi connectivity index (χ4n) is 2.59. The van der Waals surface area contributed by atoms with Crippen LogP contribution >= 0.6 is 0 Å². The highest BCUT2D eigenvalue weighted by Gasteiger charge is 2.08. The number of rotatable bonds is 5. The zero-order valence-corrected chi connectivity index (χ0v) is 14.5. The average Bonchev–Trinajstić information content (AvgIpc) is 2.55. The van der Waals surface area contributed by atoms with Crippen molar-refractivity contribution in [1.29, 1.82) is 0 Å². The van der Waals surface area contributed by atoms with Gasteiger partial charge in [0.05, 0.1) is 0 Å². The monoisotopic (exact) mass is 310 g/mol. The molecule has 2 aromatic rings. The van der Waals surface area contributed by atoms with E-state index < -0.39 is 0 Å². The van der Waals surface area contributed by atoms with Gasteiger partial charge in [-0.3, -0.25) is 9.98 Å². The molecule has 0 unspecified atom stereocenters. The van der Waals surface area contributed by atoms with Crippen molar-refractivity contribution in [2.45, 2.75) is 26.8 Å². The van der Waals surface area contributed by atoms with Gasteiger partial charge in [-0.25, -0.2) is 0 Å². The molecule has 1 N–H and O–H groups in total. The Kier molecular flexibility index (Phi) is 6.15. The van der Waals surface area contributed by atoms with Crippen LogP contribution in [-0.4, -0.2) is 36.5 Å². The van der Waals surface area contributed by atoms with Gasteiger partial charge in [-0.1, -0.05) is 24.3 Å². The molecule has 1 aromatic carbocycles. The third-order valence-electron chi connectivity index (χ3n) is 4.06.